The minimum Gasteiger partial charge on any atom is -0.465 e. The van der Waals surface area contributed by atoms with Crippen LogP contribution >= 0.6 is 11.6 Å². The lowest BCUT2D eigenvalue weighted by Gasteiger charge is -2.19. The minimum absolute atomic E-state index is 0.374. The van der Waals surface area contributed by atoms with Gasteiger partial charge in [-0.2, -0.15) is 0 Å². The number of nitrogens with one attached hydrogen (secondary N) is 3. The largest absolute Gasteiger partial charge is 0.465 e. The van der Waals surface area contributed by atoms with E-state index in [1.54, 1.807) is 7.05 Å². The van der Waals surface area contributed by atoms with E-state index in [0.29, 0.717) is 31.6 Å². The van der Waals surface area contributed by atoms with Gasteiger partial charge in [0, 0.05) is 32.4 Å². The number of allylic oxidation sites excluding steroid dienone is 3. The number of amidine groups is 2. The number of halogens is 1. The Balaban J connectivity index is 1.77. The van der Waals surface area contributed by atoms with Gasteiger partial charge in [-0.25, -0.2) is 4.99 Å². The summed E-state index contributed by atoms with van der Waals surface area (Å²) < 4.78 is 5.78. The third-order valence-corrected chi connectivity index (χ3v) is 4.88. The van der Waals surface area contributed by atoms with Crippen LogP contribution in [0, 0.1) is 0 Å². The quantitative estimate of drug-likeness (QED) is 0.202. The number of aliphatic hydroxyl groups is 1. The Kier molecular flexibility index (Phi) is 9.37. The van der Waals surface area contributed by atoms with Crippen LogP contribution in [0.2, 0.25) is 0 Å². The van der Waals surface area contributed by atoms with E-state index in [1.165, 1.54) is 0 Å². The lowest BCUT2D eigenvalue weighted by molar-refractivity contribution is 0.150. The van der Waals surface area contributed by atoms with Gasteiger partial charge in [0.25, 0.3) is 6.02 Å². The Morgan fingerprint density at radius 3 is 2.89 bits per heavy atom. The summed E-state index contributed by atoms with van der Waals surface area (Å²) in [5.41, 5.74) is 0.333. The molecular formula is C20H32ClN5O2. The average Bonchev–Trinajstić information content (AvgIpc) is 3.41. The van der Waals surface area contributed by atoms with Crippen molar-refractivity contribution in [1.82, 2.24) is 16.0 Å². The van der Waals surface area contributed by atoms with E-state index in [0.717, 1.165) is 49.5 Å². The topological polar surface area (TPSA) is 90.3 Å². The molecule has 0 saturated heterocycles. The third-order valence-electron chi connectivity index (χ3n) is 4.48. The van der Waals surface area contributed by atoms with Crippen molar-refractivity contribution in [3.05, 3.63) is 35.7 Å². The lowest BCUT2D eigenvalue weighted by atomic mass is 10.3. The molecule has 156 valence electrons. The van der Waals surface area contributed by atoms with E-state index in [-0.39, 0.29) is 0 Å². The summed E-state index contributed by atoms with van der Waals surface area (Å²) in [6, 6.07) is 0.421. The molecule has 0 radical (unpaired) electrons. The predicted octanol–water partition coefficient (Wildman–Crippen LogP) is 2.06. The number of aliphatic imine (C=N–C) groups is 2. The fraction of sp³-hybridized carbons (Fsp3) is 0.600. The van der Waals surface area contributed by atoms with Crippen LogP contribution in [0.4, 0.5) is 0 Å². The van der Waals surface area contributed by atoms with Crippen LogP contribution in [0.25, 0.3) is 0 Å². The van der Waals surface area contributed by atoms with Crippen molar-refractivity contribution >= 4 is 23.5 Å². The van der Waals surface area contributed by atoms with Gasteiger partial charge in [-0.15, -0.1) is 11.6 Å². The first-order valence-corrected chi connectivity index (χ1v) is 10.3. The molecule has 1 heterocycles. The Labute approximate surface area is 172 Å². The Morgan fingerprint density at radius 2 is 2.18 bits per heavy atom. The molecule has 0 unspecified atom stereocenters. The normalized spacial score (nSPS) is 21.7. The highest BCUT2D eigenvalue weighted by Crippen LogP contribution is 2.34. The van der Waals surface area contributed by atoms with Crippen molar-refractivity contribution in [2.45, 2.75) is 38.2 Å². The van der Waals surface area contributed by atoms with Crippen molar-refractivity contribution in [2.75, 3.05) is 39.2 Å². The van der Waals surface area contributed by atoms with Crippen LogP contribution in [0.1, 0.15) is 32.6 Å². The molecule has 2 rings (SSSR count). The molecule has 0 atom stereocenters. The second kappa shape index (κ2) is 11.8. The molecule has 2 aliphatic rings. The van der Waals surface area contributed by atoms with Gasteiger partial charge >= 0.3 is 0 Å². The van der Waals surface area contributed by atoms with E-state index in [4.69, 9.17) is 16.3 Å². The van der Waals surface area contributed by atoms with E-state index in [9.17, 15) is 5.11 Å². The first kappa shape index (κ1) is 22.3. The van der Waals surface area contributed by atoms with E-state index in [1.807, 2.05) is 25.2 Å². The Hall–Kier alpha value is -1.99. The number of ether oxygens (including phenoxy) is 1. The van der Waals surface area contributed by atoms with Gasteiger partial charge in [-0.1, -0.05) is 24.3 Å². The van der Waals surface area contributed by atoms with Gasteiger partial charge in [-0.05, 0) is 31.8 Å². The fourth-order valence-electron chi connectivity index (χ4n) is 2.46. The third kappa shape index (κ3) is 8.35. The molecular weight excluding hydrogens is 378 g/mol. The molecule has 1 aliphatic carbocycles. The first-order chi connectivity index (χ1) is 13.6. The monoisotopic (exact) mass is 409 g/mol. The number of hydrogen-bond acceptors (Lipinski definition) is 6. The summed E-state index contributed by atoms with van der Waals surface area (Å²) in [7, 11) is 1.67. The summed E-state index contributed by atoms with van der Waals surface area (Å²) in [5.74, 6) is 2.09. The molecule has 1 fully saturated rings. The molecule has 4 N–H and O–H groups in total. The summed E-state index contributed by atoms with van der Waals surface area (Å²) >= 11 is 5.98. The molecule has 7 nitrogen and oxygen atoms in total. The highest BCUT2D eigenvalue weighted by molar-refractivity contribution is 6.19. The maximum Gasteiger partial charge on any atom is 0.290 e. The predicted molar refractivity (Wildman–Crippen MR) is 116 cm³/mol. The zero-order chi connectivity index (χ0) is 20.2. The Morgan fingerprint density at radius 1 is 1.39 bits per heavy atom. The van der Waals surface area contributed by atoms with Gasteiger partial charge in [0.05, 0.1) is 24.6 Å². The molecule has 0 aromatic carbocycles. The molecule has 0 bridgehead atoms. The summed E-state index contributed by atoms with van der Waals surface area (Å²) in [4.78, 5) is 8.71. The van der Waals surface area contributed by atoms with Gasteiger partial charge in [0.15, 0.2) is 0 Å². The minimum atomic E-state index is -0.599. The zero-order valence-corrected chi connectivity index (χ0v) is 17.6. The summed E-state index contributed by atoms with van der Waals surface area (Å²) in [6.45, 7) is 4.38. The number of rotatable bonds is 9. The van der Waals surface area contributed by atoms with E-state index < -0.39 is 5.60 Å². The molecule has 8 heteroatoms. The zero-order valence-electron chi connectivity index (χ0n) is 16.8. The number of hydrogen-bond donors (Lipinski definition) is 4. The molecule has 0 spiro atoms. The van der Waals surface area contributed by atoms with Crippen molar-refractivity contribution in [3.63, 3.8) is 0 Å². The highest BCUT2D eigenvalue weighted by Gasteiger charge is 2.40. The van der Waals surface area contributed by atoms with Gasteiger partial charge in [-0.3, -0.25) is 10.3 Å². The van der Waals surface area contributed by atoms with E-state index in [2.05, 4.69) is 32.0 Å². The summed E-state index contributed by atoms with van der Waals surface area (Å²) in [5, 5.41) is 19.8. The fourth-order valence-corrected chi connectivity index (χ4v) is 2.60. The maximum absolute atomic E-state index is 10.0. The van der Waals surface area contributed by atoms with Crippen molar-refractivity contribution < 1.29 is 9.84 Å². The second-order valence-electron chi connectivity index (χ2n) is 7.00. The SMILES string of the molecule is CN=C(N/C(NCC1(O)CC1)=C(/C)CCl)OCCCC1=NC/C=C\C=C/CN1. The first-order valence-electron chi connectivity index (χ1n) is 9.74. The highest BCUT2D eigenvalue weighted by atomic mass is 35.5. The molecule has 0 amide bonds. The molecule has 1 saturated carbocycles. The Bertz CT molecular complexity index is 651. The van der Waals surface area contributed by atoms with Crippen molar-refractivity contribution in [3.8, 4) is 0 Å². The van der Waals surface area contributed by atoms with E-state index >= 15 is 0 Å². The van der Waals surface area contributed by atoms with Crippen LogP contribution in [-0.4, -0.2) is 61.7 Å². The smallest absolute Gasteiger partial charge is 0.290 e. The molecule has 0 aromatic rings. The van der Waals surface area contributed by atoms with Crippen LogP contribution in [-0.2, 0) is 4.74 Å². The van der Waals surface area contributed by atoms with Gasteiger partial charge in [0.2, 0.25) is 0 Å². The van der Waals surface area contributed by atoms with Crippen LogP contribution in [0.3, 0.4) is 0 Å². The van der Waals surface area contributed by atoms with Crippen molar-refractivity contribution in [2.24, 2.45) is 9.98 Å². The maximum atomic E-state index is 10.0. The summed E-state index contributed by atoms with van der Waals surface area (Å²) in [6.07, 6.45) is 11.4. The van der Waals surface area contributed by atoms with Gasteiger partial charge in [0.1, 0.15) is 5.82 Å². The molecule has 28 heavy (non-hydrogen) atoms. The van der Waals surface area contributed by atoms with Crippen molar-refractivity contribution in [1.29, 1.82) is 0 Å². The van der Waals surface area contributed by atoms with Gasteiger partial charge < -0.3 is 20.5 Å². The van der Waals surface area contributed by atoms with Crippen LogP contribution in [0.5, 0.6) is 0 Å². The molecule has 1 aliphatic heterocycles. The molecule has 0 aromatic heterocycles. The number of nitrogens with zero attached hydrogens (tertiary/aromatic N) is 2. The average molecular weight is 410 g/mol. The second-order valence-corrected chi connectivity index (χ2v) is 7.26. The standard InChI is InChI=1S/C20H32ClN5O2/c1-16(14-21)18(25-15-20(27)9-10-20)26-19(22-2)28-13-7-8-17-23-11-5-3-4-6-12-24-17/h3-6,25,27H,7-15H2,1-2H3,(H,22,26)(H,23,24)/b5-3-,6-4-,18-16-. The van der Waals surface area contributed by atoms with Crippen LogP contribution in [0.15, 0.2) is 45.7 Å². The number of alkyl halides is 1. The lowest BCUT2D eigenvalue weighted by Crippen LogP contribution is -2.38. The van der Waals surface area contributed by atoms with Crippen LogP contribution < -0.4 is 16.0 Å².